The molecule has 0 unspecified atom stereocenters. The van der Waals surface area contributed by atoms with Gasteiger partial charge in [0.25, 0.3) is 0 Å². The van der Waals surface area contributed by atoms with E-state index in [-0.39, 0.29) is 6.03 Å². The van der Waals surface area contributed by atoms with Gasteiger partial charge < -0.3 is 15.0 Å². The maximum atomic E-state index is 12.3. The van der Waals surface area contributed by atoms with Crippen molar-refractivity contribution in [1.29, 1.82) is 0 Å². The summed E-state index contributed by atoms with van der Waals surface area (Å²) in [5.41, 5.74) is 3.67. The Morgan fingerprint density at radius 2 is 2.23 bits per heavy atom. The number of hydrogen-bond donors (Lipinski definition) is 1. The zero-order chi connectivity index (χ0) is 14.9. The first kappa shape index (κ1) is 13.6. The minimum absolute atomic E-state index is 0.0219. The molecule has 114 valence electrons. The molecule has 0 spiro atoms. The normalized spacial score (nSPS) is 15.9. The van der Waals surface area contributed by atoms with Gasteiger partial charge in [-0.15, -0.1) is 11.3 Å². The Morgan fingerprint density at radius 3 is 3.18 bits per heavy atom. The molecule has 1 aromatic carbocycles. The standard InChI is InChI=1S/C17H18N2O2S/c20-17(19-6-3-16-14(11-19)5-8-22-16)18-10-12-1-2-15-13(9-12)4-7-21-15/h1-2,5,8-9H,3-4,6-7,10-11H2,(H,18,20). The molecule has 0 atom stereocenters. The highest BCUT2D eigenvalue weighted by atomic mass is 32.1. The number of thiophene rings is 1. The number of benzene rings is 1. The van der Waals surface area contributed by atoms with E-state index in [2.05, 4.69) is 22.8 Å². The van der Waals surface area contributed by atoms with E-state index in [9.17, 15) is 4.79 Å². The largest absolute Gasteiger partial charge is 0.493 e. The van der Waals surface area contributed by atoms with E-state index in [1.165, 1.54) is 16.0 Å². The summed E-state index contributed by atoms with van der Waals surface area (Å²) in [4.78, 5) is 15.6. The number of nitrogens with zero attached hydrogens (tertiary/aromatic N) is 1. The lowest BCUT2D eigenvalue weighted by molar-refractivity contribution is 0.192. The molecule has 3 heterocycles. The van der Waals surface area contributed by atoms with Crippen LogP contribution in [0.3, 0.4) is 0 Å². The Bertz CT molecular complexity index is 710. The first-order valence-corrected chi connectivity index (χ1v) is 8.50. The first-order chi connectivity index (χ1) is 10.8. The predicted molar refractivity (Wildman–Crippen MR) is 86.3 cm³/mol. The summed E-state index contributed by atoms with van der Waals surface area (Å²) in [7, 11) is 0. The van der Waals surface area contributed by atoms with Crippen molar-refractivity contribution in [2.24, 2.45) is 0 Å². The van der Waals surface area contributed by atoms with E-state index >= 15 is 0 Å². The van der Waals surface area contributed by atoms with E-state index in [4.69, 9.17) is 4.74 Å². The van der Waals surface area contributed by atoms with E-state index in [1.54, 1.807) is 11.3 Å². The van der Waals surface area contributed by atoms with E-state index in [0.717, 1.165) is 43.9 Å². The molecule has 1 aromatic heterocycles. The topological polar surface area (TPSA) is 41.6 Å². The van der Waals surface area contributed by atoms with Crippen molar-refractivity contribution in [3.05, 3.63) is 51.2 Å². The molecule has 5 heteroatoms. The number of rotatable bonds is 2. The highest BCUT2D eigenvalue weighted by Gasteiger charge is 2.21. The van der Waals surface area contributed by atoms with Crippen LogP contribution in [0.25, 0.3) is 0 Å². The van der Waals surface area contributed by atoms with Gasteiger partial charge in [0.2, 0.25) is 0 Å². The summed E-state index contributed by atoms with van der Waals surface area (Å²) in [5.74, 6) is 0.982. The van der Waals surface area contributed by atoms with Crippen LogP contribution in [-0.2, 0) is 25.9 Å². The molecule has 0 radical (unpaired) electrons. The molecule has 4 rings (SSSR count). The molecule has 2 aliphatic rings. The summed E-state index contributed by atoms with van der Waals surface area (Å²) in [6.45, 7) is 2.86. The summed E-state index contributed by atoms with van der Waals surface area (Å²) in [5, 5.41) is 5.14. The molecule has 0 saturated heterocycles. The van der Waals surface area contributed by atoms with Crippen LogP contribution in [0.1, 0.15) is 21.6 Å². The molecular formula is C17H18N2O2S. The van der Waals surface area contributed by atoms with E-state index in [1.807, 2.05) is 17.0 Å². The second-order valence-electron chi connectivity index (χ2n) is 5.74. The van der Waals surface area contributed by atoms with Gasteiger partial charge in [0.1, 0.15) is 5.75 Å². The van der Waals surface area contributed by atoms with Gasteiger partial charge >= 0.3 is 6.03 Å². The third-order valence-corrected chi connectivity index (χ3v) is 5.32. The fourth-order valence-electron chi connectivity index (χ4n) is 3.06. The van der Waals surface area contributed by atoms with Crippen LogP contribution in [0.4, 0.5) is 4.79 Å². The number of ether oxygens (including phenoxy) is 1. The van der Waals surface area contributed by atoms with Crippen molar-refractivity contribution < 1.29 is 9.53 Å². The Kier molecular flexibility index (Phi) is 3.50. The number of fused-ring (bicyclic) bond motifs is 2. The molecule has 22 heavy (non-hydrogen) atoms. The van der Waals surface area contributed by atoms with Gasteiger partial charge in [-0.2, -0.15) is 0 Å². The van der Waals surface area contributed by atoms with Crippen molar-refractivity contribution in [2.45, 2.75) is 25.9 Å². The van der Waals surface area contributed by atoms with Gasteiger partial charge in [-0.3, -0.25) is 0 Å². The van der Waals surface area contributed by atoms with Crippen molar-refractivity contribution in [3.8, 4) is 5.75 Å². The third-order valence-electron chi connectivity index (χ3n) is 4.29. The Hall–Kier alpha value is -2.01. The lowest BCUT2D eigenvalue weighted by Crippen LogP contribution is -2.42. The van der Waals surface area contributed by atoms with Gasteiger partial charge in [-0.05, 0) is 40.6 Å². The number of hydrogen-bond acceptors (Lipinski definition) is 3. The van der Waals surface area contributed by atoms with Crippen LogP contribution >= 0.6 is 11.3 Å². The summed E-state index contributed by atoms with van der Waals surface area (Å²) in [6.07, 6.45) is 1.93. The number of nitrogens with one attached hydrogen (secondary N) is 1. The summed E-state index contributed by atoms with van der Waals surface area (Å²) in [6, 6.07) is 8.31. The maximum absolute atomic E-state index is 12.3. The monoisotopic (exact) mass is 314 g/mol. The summed E-state index contributed by atoms with van der Waals surface area (Å²) < 4.78 is 5.51. The zero-order valence-corrected chi connectivity index (χ0v) is 13.1. The Morgan fingerprint density at radius 1 is 1.27 bits per heavy atom. The van der Waals surface area contributed by atoms with Gasteiger partial charge in [-0.1, -0.05) is 12.1 Å². The van der Waals surface area contributed by atoms with Crippen molar-refractivity contribution in [3.63, 3.8) is 0 Å². The van der Waals surface area contributed by atoms with Crippen LogP contribution in [0.2, 0.25) is 0 Å². The van der Waals surface area contributed by atoms with Gasteiger partial charge in [0.15, 0.2) is 0 Å². The minimum atomic E-state index is 0.0219. The van der Waals surface area contributed by atoms with Crippen molar-refractivity contribution in [1.82, 2.24) is 10.2 Å². The number of urea groups is 1. The molecule has 2 aliphatic heterocycles. The quantitative estimate of drug-likeness (QED) is 0.926. The minimum Gasteiger partial charge on any atom is -0.493 e. The first-order valence-electron chi connectivity index (χ1n) is 7.62. The average molecular weight is 314 g/mol. The highest BCUT2D eigenvalue weighted by Crippen LogP contribution is 2.26. The zero-order valence-electron chi connectivity index (χ0n) is 12.3. The van der Waals surface area contributed by atoms with Gasteiger partial charge in [-0.25, -0.2) is 4.79 Å². The lowest BCUT2D eigenvalue weighted by Gasteiger charge is -2.27. The fourth-order valence-corrected chi connectivity index (χ4v) is 3.95. The lowest BCUT2D eigenvalue weighted by atomic mass is 10.1. The van der Waals surface area contributed by atoms with Crippen molar-refractivity contribution >= 4 is 17.4 Å². The second-order valence-corrected chi connectivity index (χ2v) is 6.74. The number of amides is 2. The molecule has 0 fully saturated rings. The molecule has 4 nitrogen and oxygen atoms in total. The second kappa shape index (κ2) is 5.65. The van der Waals surface area contributed by atoms with Crippen LogP contribution in [0, 0.1) is 0 Å². The van der Waals surface area contributed by atoms with Crippen molar-refractivity contribution in [2.75, 3.05) is 13.2 Å². The molecule has 2 aromatic rings. The van der Waals surface area contributed by atoms with Crippen LogP contribution in [-0.4, -0.2) is 24.1 Å². The Labute approximate surface area is 133 Å². The Balaban J connectivity index is 1.37. The van der Waals surface area contributed by atoms with Gasteiger partial charge in [0.05, 0.1) is 6.61 Å². The highest BCUT2D eigenvalue weighted by molar-refractivity contribution is 7.10. The van der Waals surface area contributed by atoms with Crippen LogP contribution < -0.4 is 10.1 Å². The predicted octanol–water partition coefficient (Wildman–Crippen LogP) is 2.95. The molecular weight excluding hydrogens is 296 g/mol. The summed E-state index contributed by atoms with van der Waals surface area (Å²) >= 11 is 1.79. The van der Waals surface area contributed by atoms with Crippen LogP contribution in [0.15, 0.2) is 29.6 Å². The van der Waals surface area contributed by atoms with E-state index < -0.39 is 0 Å². The maximum Gasteiger partial charge on any atom is 0.317 e. The number of carbonyl (C=O) groups excluding carboxylic acids is 1. The SMILES string of the molecule is O=C(NCc1ccc2c(c1)CCO2)N1CCc2sccc2C1. The fraction of sp³-hybridized carbons (Fsp3) is 0.353. The molecule has 0 bridgehead atoms. The molecule has 0 saturated carbocycles. The molecule has 1 N–H and O–H groups in total. The average Bonchev–Trinajstić information content (AvgIpc) is 3.19. The van der Waals surface area contributed by atoms with Crippen LogP contribution in [0.5, 0.6) is 5.75 Å². The molecule has 0 aliphatic carbocycles. The van der Waals surface area contributed by atoms with Gasteiger partial charge in [0, 0.05) is 30.9 Å². The third kappa shape index (κ3) is 2.57. The smallest absolute Gasteiger partial charge is 0.317 e. The van der Waals surface area contributed by atoms with E-state index in [0.29, 0.717) is 6.54 Å². The number of carbonyl (C=O) groups is 1. The molecule has 2 amide bonds.